The van der Waals surface area contributed by atoms with Crippen LogP contribution in [0.2, 0.25) is 0 Å². The Labute approximate surface area is 141 Å². The number of esters is 1. The molecule has 0 aliphatic heterocycles. The Morgan fingerprint density at radius 1 is 1.17 bits per heavy atom. The van der Waals surface area contributed by atoms with Gasteiger partial charge in [-0.15, -0.1) is 0 Å². The molecular formula is C19H21N3O2. The summed E-state index contributed by atoms with van der Waals surface area (Å²) in [5.74, 6) is 0.694. The molecule has 0 radical (unpaired) electrons. The van der Waals surface area contributed by atoms with Gasteiger partial charge in [-0.1, -0.05) is 19.1 Å². The van der Waals surface area contributed by atoms with Crippen molar-refractivity contribution in [3.63, 3.8) is 0 Å². The Morgan fingerprint density at radius 3 is 2.50 bits per heavy atom. The van der Waals surface area contributed by atoms with E-state index in [9.17, 15) is 4.79 Å². The number of imidazole rings is 1. The normalized spacial score (nSPS) is 11.0. The van der Waals surface area contributed by atoms with Crippen LogP contribution in [0, 0.1) is 13.8 Å². The van der Waals surface area contributed by atoms with Gasteiger partial charge in [0.05, 0.1) is 19.2 Å². The maximum atomic E-state index is 11.5. The van der Waals surface area contributed by atoms with Gasteiger partial charge in [0, 0.05) is 12.1 Å². The molecule has 0 spiro atoms. The zero-order valence-corrected chi connectivity index (χ0v) is 14.5. The number of benzene rings is 1. The minimum atomic E-state index is -0.322. The SMILES string of the molecule is CCc1nc2c(C)cc(C)nc2n1Cc1ccc(C(=O)OC)cc1. The van der Waals surface area contributed by atoms with Crippen LogP contribution in [0.5, 0.6) is 0 Å². The average Bonchev–Trinajstić information content (AvgIpc) is 2.93. The molecule has 0 amide bonds. The first kappa shape index (κ1) is 16.2. The fourth-order valence-corrected chi connectivity index (χ4v) is 2.93. The molecule has 0 saturated carbocycles. The number of fused-ring (bicyclic) bond motifs is 1. The van der Waals surface area contributed by atoms with E-state index in [1.165, 1.54) is 7.11 Å². The van der Waals surface area contributed by atoms with Crippen LogP contribution in [0.4, 0.5) is 0 Å². The van der Waals surface area contributed by atoms with E-state index in [1.807, 2.05) is 19.1 Å². The Kier molecular flexibility index (Phi) is 4.34. The molecule has 0 bridgehead atoms. The van der Waals surface area contributed by atoms with E-state index in [-0.39, 0.29) is 5.97 Å². The van der Waals surface area contributed by atoms with Gasteiger partial charge in [-0.25, -0.2) is 14.8 Å². The number of aryl methyl sites for hydroxylation is 3. The second kappa shape index (κ2) is 6.43. The molecule has 3 aromatic rings. The van der Waals surface area contributed by atoms with Crippen molar-refractivity contribution in [2.75, 3.05) is 7.11 Å². The monoisotopic (exact) mass is 323 g/mol. The second-order valence-corrected chi connectivity index (χ2v) is 5.91. The van der Waals surface area contributed by atoms with Crippen LogP contribution in [-0.4, -0.2) is 27.6 Å². The molecule has 124 valence electrons. The number of hydrogen-bond donors (Lipinski definition) is 0. The quantitative estimate of drug-likeness (QED) is 0.690. The van der Waals surface area contributed by atoms with Gasteiger partial charge in [-0.05, 0) is 43.2 Å². The number of carbonyl (C=O) groups excluding carboxylic acids is 1. The van der Waals surface area contributed by atoms with Gasteiger partial charge >= 0.3 is 5.97 Å². The van der Waals surface area contributed by atoms with E-state index in [2.05, 4.69) is 29.5 Å². The van der Waals surface area contributed by atoms with Crippen LogP contribution in [-0.2, 0) is 17.7 Å². The number of carbonyl (C=O) groups is 1. The molecule has 0 atom stereocenters. The van der Waals surface area contributed by atoms with Gasteiger partial charge in [-0.2, -0.15) is 0 Å². The molecule has 0 saturated heterocycles. The standard InChI is InChI=1S/C19H21N3O2/c1-5-16-21-17-12(2)10-13(3)20-18(17)22(16)11-14-6-8-15(9-7-14)19(23)24-4/h6-10H,5,11H2,1-4H3. The Balaban J connectivity index is 2.01. The van der Waals surface area contributed by atoms with E-state index in [0.29, 0.717) is 12.1 Å². The van der Waals surface area contributed by atoms with E-state index in [1.54, 1.807) is 12.1 Å². The molecular weight excluding hydrogens is 302 g/mol. The molecule has 0 aliphatic carbocycles. The predicted molar refractivity (Wildman–Crippen MR) is 93.3 cm³/mol. The van der Waals surface area contributed by atoms with Gasteiger partial charge in [0.15, 0.2) is 5.65 Å². The van der Waals surface area contributed by atoms with Crippen molar-refractivity contribution in [3.05, 3.63) is 58.5 Å². The van der Waals surface area contributed by atoms with Crippen LogP contribution in [0.15, 0.2) is 30.3 Å². The number of pyridine rings is 1. The molecule has 2 heterocycles. The van der Waals surface area contributed by atoms with Crippen LogP contribution in [0.1, 0.15) is 39.9 Å². The minimum Gasteiger partial charge on any atom is -0.465 e. The second-order valence-electron chi connectivity index (χ2n) is 5.91. The molecule has 1 aromatic carbocycles. The lowest BCUT2D eigenvalue weighted by Crippen LogP contribution is -2.06. The Morgan fingerprint density at radius 2 is 1.88 bits per heavy atom. The summed E-state index contributed by atoms with van der Waals surface area (Å²) < 4.78 is 6.89. The highest BCUT2D eigenvalue weighted by Gasteiger charge is 2.14. The number of hydrogen-bond acceptors (Lipinski definition) is 4. The number of nitrogens with zero attached hydrogens (tertiary/aromatic N) is 3. The summed E-state index contributed by atoms with van der Waals surface area (Å²) in [6.07, 6.45) is 0.842. The molecule has 5 nitrogen and oxygen atoms in total. The van der Waals surface area contributed by atoms with Gasteiger partial charge in [0.1, 0.15) is 11.3 Å². The smallest absolute Gasteiger partial charge is 0.337 e. The first-order valence-corrected chi connectivity index (χ1v) is 8.04. The van der Waals surface area contributed by atoms with Crippen molar-refractivity contribution in [2.45, 2.75) is 33.7 Å². The zero-order chi connectivity index (χ0) is 17.3. The number of methoxy groups -OCH3 is 1. The van der Waals surface area contributed by atoms with Gasteiger partial charge in [0.25, 0.3) is 0 Å². The Hall–Kier alpha value is -2.69. The first-order chi connectivity index (χ1) is 11.5. The summed E-state index contributed by atoms with van der Waals surface area (Å²) in [5, 5.41) is 0. The van der Waals surface area contributed by atoms with E-state index < -0.39 is 0 Å². The van der Waals surface area contributed by atoms with Crippen molar-refractivity contribution in [3.8, 4) is 0 Å². The number of aromatic nitrogens is 3. The summed E-state index contributed by atoms with van der Waals surface area (Å²) in [5.41, 5.74) is 5.66. The summed E-state index contributed by atoms with van der Waals surface area (Å²) in [6.45, 7) is 6.84. The van der Waals surface area contributed by atoms with Crippen molar-refractivity contribution in [1.82, 2.24) is 14.5 Å². The predicted octanol–water partition coefficient (Wildman–Crippen LogP) is 3.45. The molecule has 0 unspecified atom stereocenters. The van der Waals surface area contributed by atoms with Crippen molar-refractivity contribution in [2.24, 2.45) is 0 Å². The van der Waals surface area contributed by atoms with E-state index in [4.69, 9.17) is 9.72 Å². The maximum absolute atomic E-state index is 11.5. The highest BCUT2D eigenvalue weighted by atomic mass is 16.5. The summed E-state index contributed by atoms with van der Waals surface area (Å²) in [7, 11) is 1.39. The molecule has 0 fully saturated rings. The molecule has 5 heteroatoms. The summed E-state index contributed by atoms with van der Waals surface area (Å²) in [6, 6.07) is 9.52. The highest BCUT2D eigenvalue weighted by Crippen LogP contribution is 2.21. The largest absolute Gasteiger partial charge is 0.465 e. The molecule has 24 heavy (non-hydrogen) atoms. The van der Waals surface area contributed by atoms with E-state index in [0.717, 1.165) is 40.2 Å². The molecule has 0 N–H and O–H groups in total. The summed E-state index contributed by atoms with van der Waals surface area (Å²) >= 11 is 0. The van der Waals surface area contributed by atoms with E-state index >= 15 is 0 Å². The van der Waals surface area contributed by atoms with Crippen molar-refractivity contribution >= 4 is 17.1 Å². The highest BCUT2D eigenvalue weighted by molar-refractivity contribution is 5.89. The minimum absolute atomic E-state index is 0.322. The third-order valence-electron chi connectivity index (χ3n) is 4.13. The van der Waals surface area contributed by atoms with Crippen molar-refractivity contribution in [1.29, 1.82) is 0 Å². The lowest BCUT2D eigenvalue weighted by molar-refractivity contribution is 0.0600. The third kappa shape index (κ3) is 2.89. The fraction of sp³-hybridized carbons (Fsp3) is 0.316. The average molecular weight is 323 g/mol. The van der Waals surface area contributed by atoms with Crippen LogP contribution in [0.25, 0.3) is 11.2 Å². The third-order valence-corrected chi connectivity index (χ3v) is 4.13. The van der Waals surface area contributed by atoms with Gasteiger partial charge in [-0.3, -0.25) is 0 Å². The topological polar surface area (TPSA) is 57.0 Å². The van der Waals surface area contributed by atoms with Crippen molar-refractivity contribution < 1.29 is 9.53 Å². The lowest BCUT2D eigenvalue weighted by Gasteiger charge is -2.09. The van der Waals surface area contributed by atoms with Crippen LogP contribution >= 0.6 is 0 Å². The first-order valence-electron chi connectivity index (χ1n) is 8.04. The lowest BCUT2D eigenvalue weighted by atomic mass is 10.1. The maximum Gasteiger partial charge on any atom is 0.337 e. The van der Waals surface area contributed by atoms with Crippen LogP contribution in [0.3, 0.4) is 0 Å². The molecule has 0 aliphatic rings. The number of ether oxygens (including phenoxy) is 1. The fourth-order valence-electron chi connectivity index (χ4n) is 2.93. The molecule has 2 aromatic heterocycles. The van der Waals surface area contributed by atoms with Gasteiger partial charge in [0.2, 0.25) is 0 Å². The Bertz CT molecular complexity index is 895. The van der Waals surface area contributed by atoms with Crippen LogP contribution < -0.4 is 0 Å². The zero-order valence-electron chi connectivity index (χ0n) is 14.5. The number of rotatable bonds is 4. The summed E-state index contributed by atoms with van der Waals surface area (Å²) in [4.78, 5) is 21.0. The van der Waals surface area contributed by atoms with Gasteiger partial charge < -0.3 is 9.30 Å². The molecule has 3 rings (SSSR count).